The summed E-state index contributed by atoms with van der Waals surface area (Å²) in [5.74, 6) is -1.09. The van der Waals surface area contributed by atoms with Crippen LogP contribution in [0.25, 0.3) is 0 Å². The Hall–Kier alpha value is -2.28. The molecule has 2 N–H and O–H groups in total. The largest absolute Gasteiger partial charge is 0.338 e. The van der Waals surface area contributed by atoms with E-state index in [4.69, 9.17) is 5.73 Å². The summed E-state index contributed by atoms with van der Waals surface area (Å²) in [7, 11) is 1.89. The molecule has 0 aliphatic carbocycles. The minimum Gasteiger partial charge on any atom is -0.338 e. The summed E-state index contributed by atoms with van der Waals surface area (Å²) in [6.07, 6.45) is 2.76. The van der Waals surface area contributed by atoms with Crippen LogP contribution in [-0.2, 0) is 31.2 Å². The zero-order valence-corrected chi connectivity index (χ0v) is 13.5. The van der Waals surface area contributed by atoms with Crippen LogP contribution in [0.3, 0.4) is 0 Å². The number of hydrogen-bond donors (Lipinski definition) is 1. The lowest BCUT2D eigenvalue weighted by Gasteiger charge is -2.28. The Morgan fingerprint density at radius 3 is 3.00 bits per heavy atom. The Morgan fingerprint density at radius 1 is 1.42 bits per heavy atom. The maximum atomic E-state index is 13.7. The summed E-state index contributed by atoms with van der Waals surface area (Å²) >= 11 is 0. The molecule has 24 heavy (non-hydrogen) atoms. The Balaban J connectivity index is 1.59. The maximum absolute atomic E-state index is 13.7. The number of aromatic nitrogens is 2. The monoisotopic (exact) mass is 334 g/mol. The topological polar surface area (TPSA) is 64.2 Å². The Bertz CT molecular complexity index is 759. The molecule has 0 spiro atoms. The number of benzene rings is 1. The number of carbonyl (C=O) groups is 1. The molecule has 0 saturated carbocycles. The summed E-state index contributed by atoms with van der Waals surface area (Å²) in [6, 6.07) is 2.72. The first-order valence-corrected chi connectivity index (χ1v) is 7.91. The molecular formula is C17H20F2N4O. The number of amides is 1. The van der Waals surface area contributed by atoms with Crippen LogP contribution >= 0.6 is 0 Å². The number of carbonyl (C=O) groups excluding carboxylic acids is 1. The molecule has 1 amide bonds. The van der Waals surface area contributed by atoms with Crippen LogP contribution in [0.5, 0.6) is 0 Å². The second-order valence-electron chi connectivity index (χ2n) is 6.21. The molecule has 7 heteroatoms. The average Bonchev–Trinajstić information content (AvgIpc) is 2.91. The van der Waals surface area contributed by atoms with Gasteiger partial charge in [0.05, 0.1) is 6.20 Å². The van der Waals surface area contributed by atoms with Gasteiger partial charge in [0, 0.05) is 50.3 Å². The standard InChI is InChI=1S/C17H20F2N4O/c1-22-16-4-5-23(10-12(16)9-21-22)17(24)8-14(20)7-11-6-13(18)2-3-15(11)19/h2-3,6,9,14H,4-5,7-8,10,20H2,1H3/t14-/m1/s1. The van der Waals surface area contributed by atoms with Gasteiger partial charge in [-0.15, -0.1) is 0 Å². The van der Waals surface area contributed by atoms with Gasteiger partial charge in [-0.3, -0.25) is 9.48 Å². The van der Waals surface area contributed by atoms with Crippen molar-refractivity contribution in [1.82, 2.24) is 14.7 Å². The van der Waals surface area contributed by atoms with Gasteiger partial charge in [0.25, 0.3) is 0 Å². The van der Waals surface area contributed by atoms with Crippen molar-refractivity contribution in [2.45, 2.75) is 31.8 Å². The molecule has 0 fully saturated rings. The smallest absolute Gasteiger partial charge is 0.224 e. The highest BCUT2D eigenvalue weighted by molar-refractivity contribution is 5.77. The van der Waals surface area contributed by atoms with E-state index in [1.165, 1.54) is 0 Å². The number of nitrogens with two attached hydrogens (primary N) is 1. The summed E-state index contributed by atoms with van der Waals surface area (Å²) in [6.45, 7) is 1.13. The Kier molecular flexibility index (Phi) is 4.62. The van der Waals surface area contributed by atoms with Gasteiger partial charge in [0.1, 0.15) is 11.6 Å². The molecule has 0 radical (unpaired) electrons. The summed E-state index contributed by atoms with van der Waals surface area (Å²) in [5, 5.41) is 4.20. The van der Waals surface area contributed by atoms with Crippen molar-refractivity contribution >= 4 is 5.91 Å². The zero-order chi connectivity index (χ0) is 17.3. The highest BCUT2D eigenvalue weighted by Gasteiger charge is 2.24. The first-order chi connectivity index (χ1) is 11.4. The minimum absolute atomic E-state index is 0.0752. The van der Waals surface area contributed by atoms with Gasteiger partial charge in [0.15, 0.2) is 0 Å². The Labute approximate surface area is 139 Å². The summed E-state index contributed by atoms with van der Waals surface area (Å²) in [4.78, 5) is 14.2. The number of nitrogens with zero attached hydrogens (tertiary/aromatic N) is 3. The lowest BCUT2D eigenvalue weighted by molar-refractivity contribution is -0.132. The summed E-state index contributed by atoms with van der Waals surface area (Å²) in [5.41, 5.74) is 8.36. The molecule has 3 rings (SSSR count). The highest BCUT2D eigenvalue weighted by atomic mass is 19.1. The number of rotatable bonds is 4. The maximum Gasteiger partial charge on any atom is 0.224 e. The fourth-order valence-corrected chi connectivity index (χ4v) is 3.11. The molecule has 1 aliphatic rings. The zero-order valence-electron chi connectivity index (χ0n) is 13.5. The van der Waals surface area contributed by atoms with Crippen LogP contribution in [-0.4, -0.2) is 33.2 Å². The van der Waals surface area contributed by atoms with E-state index in [0.29, 0.717) is 13.1 Å². The molecule has 5 nitrogen and oxygen atoms in total. The second kappa shape index (κ2) is 6.68. The first-order valence-electron chi connectivity index (χ1n) is 7.91. The third-order valence-electron chi connectivity index (χ3n) is 4.41. The van der Waals surface area contributed by atoms with Gasteiger partial charge in [-0.25, -0.2) is 8.78 Å². The van der Waals surface area contributed by atoms with E-state index in [9.17, 15) is 13.6 Å². The molecular weight excluding hydrogens is 314 g/mol. The van der Waals surface area contributed by atoms with Gasteiger partial charge in [-0.05, 0) is 30.2 Å². The number of fused-ring (bicyclic) bond motifs is 1. The molecule has 1 aromatic carbocycles. The van der Waals surface area contributed by atoms with E-state index >= 15 is 0 Å². The van der Waals surface area contributed by atoms with Crippen molar-refractivity contribution in [1.29, 1.82) is 0 Å². The Morgan fingerprint density at radius 2 is 2.21 bits per heavy atom. The quantitative estimate of drug-likeness (QED) is 0.922. The number of hydrogen-bond acceptors (Lipinski definition) is 3. The third-order valence-corrected chi connectivity index (χ3v) is 4.41. The van der Waals surface area contributed by atoms with Crippen LogP contribution < -0.4 is 5.73 Å². The number of aryl methyl sites for hydroxylation is 1. The van der Waals surface area contributed by atoms with Crippen molar-refractivity contribution in [3.05, 3.63) is 52.9 Å². The van der Waals surface area contributed by atoms with E-state index in [1.54, 1.807) is 11.1 Å². The van der Waals surface area contributed by atoms with Crippen LogP contribution in [0, 0.1) is 11.6 Å². The van der Waals surface area contributed by atoms with Crippen LogP contribution in [0.4, 0.5) is 8.78 Å². The molecule has 128 valence electrons. The molecule has 0 saturated heterocycles. The fraction of sp³-hybridized carbons (Fsp3) is 0.412. The van der Waals surface area contributed by atoms with Crippen molar-refractivity contribution in [2.75, 3.05) is 6.54 Å². The van der Waals surface area contributed by atoms with Crippen molar-refractivity contribution < 1.29 is 13.6 Å². The second-order valence-corrected chi connectivity index (χ2v) is 6.21. The van der Waals surface area contributed by atoms with Crippen LogP contribution in [0.2, 0.25) is 0 Å². The molecule has 1 aliphatic heterocycles. The molecule has 1 aromatic heterocycles. The molecule has 1 atom stereocenters. The normalized spacial score (nSPS) is 15.2. The van der Waals surface area contributed by atoms with Gasteiger partial charge in [0.2, 0.25) is 5.91 Å². The van der Waals surface area contributed by atoms with E-state index in [-0.39, 0.29) is 24.3 Å². The highest BCUT2D eigenvalue weighted by Crippen LogP contribution is 2.19. The third kappa shape index (κ3) is 3.46. The summed E-state index contributed by atoms with van der Waals surface area (Å²) < 4.78 is 28.7. The lowest BCUT2D eigenvalue weighted by Crippen LogP contribution is -2.39. The predicted molar refractivity (Wildman–Crippen MR) is 85.0 cm³/mol. The van der Waals surface area contributed by atoms with Gasteiger partial charge < -0.3 is 10.6 Å². The van der Waals surface area contributed by atoms with E-state index < -0.39 is 17.7 Å². The molecule has 0 unspecified atom stereocenters. The SMILES string of the molecule is Cn1ncc2c1CCN(C(=O)C[C@H](N)Cc1cc(F)ccc1F)C2. The molecule has 2 aromatic rings. The van der Waals surface area contributed by atoms with Crippen LogP contribution in [0.15, 0.2) is 24.4 Å². The van der Waals surface area contributed by atoms with E-state index in [2.05, 4.69) is 5.10 Å². The lowest BCUT2D eigenvalue weighted by atomic mass is 10.0. The van der Waals surface area contributed by atoms with Crippen LogP contribution in [0.1, 0.15) is 23.2 Å². The first kappa shape index (κ1) is 16.6. The number of halogens is 2. The van der Waals surface area contributed by atoms with E-state index in [1.807, 2.05) is 11.7 Å². The fourth-order valence-electron chi connectivity index (χ4n) is 3.11. The van der Waals surface area contributed by atoms with Crippen molar-refractivity contribution in [2.24, 2.45) is 12.8 Å². The predicted octanol–water partition coefficient (Wildman–Crippen LogP) is 1.54. The van der Waals surface area contributed by atoms with Gasteiger partial charge in [-0.2, -0.15) is 5.10 Å². The molecule has 2 heterocycles. The van der Waals surface area contributed by atoms with Gasteiger partial charge >= 0.3 is 0 Å². The van der Waals surface area contributed by atoms with E-state index in [0.717, 1.165) is 35.9 Å². The average molecular weight is 334 g/mol. The van der Waals surface area contributed by atoms with Gasteiger partial charge in [-0.1, -0.05) is 0 Å². The molecule has 0 bridgehead atoms. The minimum atomic E-state index is -0.552. The van der Waals surface area contributed by atoms with Crippen molar-refractivity contribution in [3.63, 3.8) is 0 Å². The van der Waals surface area contributed by atoms with Crippen molar-refractivity contribution in [3.8, 4) is 0 Å².